The summed E-state index contributed by atoms with van der Waals surface area (Å²) in [7, 11) is 2.96. The summed E-state index contributed by atoms with van der Waals surface area (Å²) in [6.07, 6.45) is 2.07. The molecule has 1 aliphatic heterocycles. The molecule has 160 valence electrons. The lowest BCUT2D eigenvalue weighted by atomic mass is 10.1. The van der Waals surface area contributed by atoms with Crippen molar-refractivity contribution >= 4 is 28.9 Å². The molecule has 1 unspecified atom stereocenters. The lowest BCUT2D eigenvalue weighted by molar-refractivity contribution is -0.136. The van der Waals surface area contributed by atoms with Gasteiger partial charge in [-0.2, -0.15) is 5.10 Å². The van der Waals surface area contributed by atoms with Crippen molar-refractivity contribution in [1.82, 2.24) is 5.01 Å². The summed E-state index contributed by atoms with van der Waals surface area (Å²) in [6, 6.07) is 11.8. The first-order valence-electron chi connectivity index (χ1n) is 9.46. The Morgan fingerprint density at radius 1 is 1.19 bits per heavy atom. The van der Waals surface area contributed by atoms with Gasteiger partial charge in [-0.15, -0.1) is 11.3 Å². The molecular weight excluding hydrogens is 420 g/mol. The van der Waals surface area contributed by atoms with Gasteiger partial charge in [0.25, 0.3) is 5.91 Å². The third-order valence-electron chi connectivity index (χ3n) is 4.80. The van der Waals surface area contributed by atoms with Gasteiger partial charge in [0.2, 0.25) is 0 Å². The predicted octanol–water partition coefficient (Wildman–Crippen LogP) is 3.89. The van der Waals surface area contributed by atoms with Crippen molar-refractivity contribution in [3.63, 3.8) is 0 Å². The molecule has 0 aliphatic carbocycles. The van der Waals surface area contributed by atoms with E-state index in [9.17, 15) is 9.59 Å². The van der Waals surface area contributed by atoms with Crippen LogP contribution >= 0.6 is 11.3 Å². The topological polar surface area (TPSA) is 90.6 Å². The van der Waals surface area contributed by atoms with Crippen LogP contribution < -0.4 is 9.47 Å². The van der Waals surface area contributed by atoms with Gasteiger partial charge >= 0.3 is 5.97 Å². The molecule has 0 saturated heterocycles. The molecule has 9 heteroatoms. The van der Waals surface area contributed by atoms with Gasteiger partial charge in [-0.1, -0.05) is 6.07 Å². The maximum absolute atomic E-state index is 12.9. The monoisotopic (exact) mass is 440 g/mol. The number of carbonyl (C=O) groups is 2. The number of benzene rings is 1. The SMILES string of the molecule is COc1ccc(C(=O)OCC(=O)N2N=C(c3cccs3)CC2c2ccco2)c(OC)c1. The highest BCUT2D eigenvalue weighted by Gasteiger charge is 2.35. The molecule has 31 heavy (non-hydrogen) atoms. The fourth-order valence-corrected chi connectivity index (χ4v) is 3.99. The Morgan fingerprint density at radius 2 is 2.06 bits per heavy atom. The number of hydrogen-bond acceptors (Lipinski definition) is 8. The van der Waals surface area contributed by atoms with E-state index in [0.29, 0.717) is 23.7 Å². The number of hydrazone groups is 1. The summed E-state index contributed by atoms with van der Waals surface area (Å²) in [4.78, 5) is 26.4. The zero-order valence-corrected chi connectivity index (χ0v) is 17.8. The first kappa shape index (κ1) is 20.7. The molecule has 3 heterocycles. The van der Waals surface area contributed by atoms with Crippen LogP contribution in [0.25, 0.3) is 0 Å². The van der Waals surface area contributed by atoms with E-state index in [1.54, 1.807) is 41.9 Å². The van der Waals surface area contributed by atoms with Crippen LogP contribution in [0.1, 0.15) is 33.5 Å². The molecule has 0 radical (unpaired) electrons. The summed E-state index contributed by atoms with van der Waals surface area (Å²) >= 11 is 1.55. The number of amides is 1. The van der Waals surface area contributed by atoms with Gasteiger partial charge in [0.15, 0.2) is 6.61 Å². The Hall–Kier alpha value is -3.59. The molecule has 3 aromatic rings. The molecule has 4 rings (SSSR count). The van der Waals surface area contributed by atoms with E-state index < -0.39 is 24.5 Å². The normalized spacial score (nSPS) is 15.5. The zero-order chi connectivity index (χ0) is 21.8. The van der Waals surface area contributed by atoms with Crippen LogP contribution in [0.5, 0.6) is 11.5 Å². The van der Waals surface area contributed by atoms with Crippen molar-refractivity contribution < 1.29 is 28.2 Å². The van der Waals surface area contributed by atoms with Gasteiger partial charge in [-0.05, 0) is 35.7 Å². The maximum Gasteiger partial charge on any atom is 0.342 e. The van der Waals surface area contributed by atoms with Gasteiger partial charge in [0.1, 0.15) is 28.9 Å². The molecule has 1 amide bonds. The number of esters is 1. The second-order valence-corrected chi connectivity index (χ2v) is 7.59. The number of hydrogen-bond donors (Lipinski definition) is 0. The number of furan rings is 1. The van der Waals surface area contributed by atoms with Crippen LogP contribution in [0.4, 0.5) is 0 Å². The molecule has 1 aromatic carbocycles. The van der Waals surface area contributed by atoms with Crippen molar-refractivity contribution in [2.45, 2.75) is 12.5 Å². The fraction of sp³-hybridized carbons (Fsp3) is 0.227. The van der Waals surface area contributed by atoms with Crippen molar-refractivity contribution in [2.24, 2.45) is 5.10 Å². The van der Waals surface area contributed by atoms with Gasteiger partial charge in [0.05, 0.1) is 31.1 Å². The first-order valence-corrected chi connectivity index (χ1v) is 10.3. The van der Waals surface area contributed by atoms with Crippen LogP contribution in [0, 0.1) is 0 Å². The van der Waals surface area contributed by atoms with Crippen molar-refractivity contribution in [3.05, 3.63) is 70.3 Å². The van der Waals surface area contributed by atoms with E-state index in [4.69, 9.17) is 18.6 Å². The summed E-state index contributed by atoms with van der Waals surface area (Å²) in [6.45, 7) is -0.466. The van der Waals surface area contributed by atoms with Gasteiger partial charge < -0.3 is 18.6 Å². The first-order chi connectivity index (χ1) is 15.1. The number of methoxy groups -OCH3 is 2. The minimum atomic E-state index is -0.677. The lowest BCUT2D eigenvalue weighted by Crippen LogP contribution is -2.31. The van der Waals surface area contributed by atoms with Crippen LogP contribution in [0.2, 0.25) is 0 Å². The van der Waals surface area contributed by atoms with Crippen LogP contribution in [-0.2, 0) is 9.53 Å². The number of thiophene rings is 1. The Morgan fingerprint density at radius 3 is 2.74 bits per heavy atom. The number of nitrogens with zero attached hydrogens (tertiary/aromatic N) is 2. The lowest BCUT2D eigenvalue weighted by Gasteiger charge is -2.19. The second kappa shape index (κ2) is 9.05. The summed E-state index contributed by atoms with van der Waals surface area (Å²) < 4.78 is 21.1. The Labute approximate surface area is 182 Å². The zero-order valence-electron chi connectivity index (χ0n) is 16.9. The van der Waals surface area contributed by atoms with Crippen LogP contribution in [-0.4, -0.2) is 43.4 Å². The number of rotatable bonds is 7. The molecule has 0 fully saturated rings. The molecule has 8 nitrogen and oxygen atoms in total. The van der Waals surface area contributed by atoms with Crippen LogP contribution in [0.3, 0.4) is 0 Å². The quantitative estimate of drug-likeness (QED) is 0.518. The number of ether oxygens (including phenoxy) is 3. The molecule has 0 N–H and O–H groups in total. The van der Waals surface area contributed by atoms with E-state index >= 15 is 0 Å². The minimum Gasteiger partial charge on any atom is -0.497 e. The van der Waals surface area contributed by atoms with E-state index in [1.165, 1.54) is 25.3 Å². The average Bonchev–Trinajstić information content (AvgIpc) is 3.56. The summed E-state index contributed by atoms with van der Waals surface area (Å²) in [5.74, 6) is 0.326. The predicted molar refractivity (Wildman–Crippen MR) is 114 cm³/mol. The smallest absolute Gasteiger partial charge is 0.342 e. The molecule has 0 bridgehead atoms. The average molecular weight is 440 g/mol. The molecule has 0 spiro atoms. The van der Waals surface area contributed by atoms with Crippen molar-refractivity contribution in [3.8, 4) is 11.5 Å². The maximum atomic E-state index is 12.9. The van der Waals surface area contributed by atoms with Crippen LogP contribution in [0.15, 0.2) is 63.6 Å². The van der Waals surface area contributed by atoms with E-state index in [0.717, 1.165) is 10.6 Å². The van der Waals surface area contributed by atoms with Gasteiger partial charge in [-0.3, -0.25) is 4.79 Å². The third kappa shape index (κ3) is 4.31. The van der Waals surface area contributed by atoms with Gasteiger partial charge in [0, 0.05) is 12.5 Å². The highest BCUT2D eigenvalue weighted by molar-refractivity contribution is 7.12. The van der Waals surface area contributed by atoms with Gasteiger partial charge in [-0.25, -0.2) is 9.80 Å². The van der Waals surface area contributed by atoms with E-state index in [2.05, 4.69) is 5.10 Å². The molecule has 2 aromatic heterocycles. The molecule has 1 atom stereocenters. The standard InChI is InChI=1S/C22H20N2O6S/c1-27-14-7-8-15(19(11-14)28-2)22(26)30-13-21(25)24-17(18-5-3-9-29-18)12-16(23-24)20-6-4-10-31-20/h3-11,17H,12-13H2,1-2H3. The largest absolute Gasteiger partial charge is 0.497 e. The molecular formula is C22H20N2O6S. The minimum absolute atomic E-state index is 0.197. The van der Waals surface area contributed by atoms with E-state index in [-0.39, 0.29) is 5.56 Å². The number of carbonyl (C=O) groups excluding carboxylic acids is 2. The fourth-order valence-electron chi connectivity index (χ4n) is 3.27. The highest BCUT2D eigenvalue weighted by Crippen LogP contribution is 2.34. The van der Waals surface area contributed by atoms with Crippen molar-refractivity contribution in [2.75, 3.05) is 20.8 Å². The van der Waals surface area contributed by atoms with E-state index in [1.807, 2.05) is 17.5 Å². The Kier molecular flexibility index (Phi) is 6.03. The summed E-state index contributed by atoms with van der Waals surface area (Å²) in [5, 5.41) is 7.77. The highest BCUT2D eigenvalue weighted by atomic mass is 32.1. The second-order valence-electron chi connectivity index (χ2n) is 6.64. The Balaban J connectivity index is 1.49. The summed E-state index contributed by atoms with van der Waals surface area (Å²) in [5.41, 5.74) is 0.982. The van der Waals surface area contributed by atoms with Crippen molar-refractivity contribution in [1.29, 1.82) is 0 Å². The third-order valence-corrected chi connectivity index (χ3v) is 5.72. The molecule has 0 saturated carbocycles. The Bertz CT molecular complexity index is 1090. The molecule has 1 aliphatic rings.